The highest BCUT2D eigenvalue weighted by atomic mass is 16.5. The third kappa shape index (κ3) is 4.16. The Balaban J connectivity index is 1.58. The van der Waals surface area contributed by atoms with Crippen LogP contribution in [0.5, 0.6) is 5.75 Å². The SMILES string of the molecule is CCN(Cc1ccccc1)C(=O)Cn1cnc2c(nnn2-c2ccc(OC)cc2)c1=O. The molecule has 0 radical (unpaired) electrons. The van der Waals surface area contributed by atoms with Crippen LogP contribution in [0.15, 0.2) is 65.7 Å². The Morgan fingerprint density at radius 3 is 2.52 bits per heavy atom. The number of ether oxygens (including phenoxy) is 1. The number of rotatable bonds is 7. The summed E-state index contributed by atoms with van der Waals surface area (Å²) in [5.74, 6) is 0.537. The van der Waals surface area contributed by atoms with Crippen LogP contribution < -0.4 is 10.3 Å². The number of likely N-dealkylation sites (N-methyl/N-ethyl adjacent to an activating group) is 1. The third-order valence-corrected chi connectivity index (χ3v) is 5.00. The first kappa shape index (κ1) is 20.3. The van der Waals surface area contributed by atoms with Crippen LogP contribution in [0.25, 0.3) is 16.9 Å². The highest BCUT2D eigenvalue weighted by Gasteiger charge is 2.17. The number of carbonyl (C=O) groups is 1. The van der Waals surface area contributed by atoms with Gasteiger partial charge in [-0.25, -0.2) is 4.98 Å². The van der Waals surface area contributed by atoms with Gasteiger partial charge in [-0.3, -0.25) is 14.2 Å². The number of aromatic nitrogens is 5. The molecule has 0 aliphatic heterocycles. The third-order valence-electron chi connectivity index (χ3n) is 5.00. The van der Waals surface area contributed by atoms with Gasteiger partial charge in [-0.05, 0) is 36.8 Å². The highest BCUT2D eigenvalue weighted by molar-refractivity contribution is 5.76. The largest absolute Gasteiger partial charge is 0.497 e. The minimum atomic E-state index is -0.408. The smallest absolute Gasteiger partial charge is 0.284 e. The van der Waals surface area contributed by atoms with E-state index in [0.29, 0.717) is 30.2 Å². The molecular weight excluding hydrogens is 396 g/mol. The molecule has 0 atom stereocenters. The van der Waals surface area contributed by atoms with Crippen LogP contribution in [0.1, 0.15) is 12.5 Å². The van der Waals surface area contributed by atoms with E-state index in [1.54, 1.807) is 36.3 Å². The zero-order valence-corrected chi connectivity index (χ0v) is 17.3. The van der Waals surface area contributed by atoms with Gasteiger partial charge >= 0.3 is 0 Å². The van der Waals surface area contributed by atoms with Crippen molar-refractivity contribution in [3.63, 3.8) is 0 Å². The van der Waals surface area contributed by atoms with E-state index in [9.17, 15) is 9.59 Å². The van der Waals surface area contributed by atoms with Gasteiger partial charge in [0.2, 0.25) is 5.91 Å². The summed E-state index contributed by atoms with van der Waals surface area (Å²) in [7, 11) is 1.59. The monoisotopic (exact) mass is 418 g/mol. The molecule has 0 saturated heterocycles. The average molecular weight is 418 g/mol. The van der Waals surface area contributed by atoms with Crippen molar-refractivity contribution in [1.29, 1.82) is 0 Å². The normalized spacial score (nSPS) is 10.9. The fourth-order valence-electron chi connectivity index (χ4n) is 3.28. The Labute approximate surface area is 178 Å². The zero-order valence-electron chi connectivity index (χ0n) is 17.3. The molecule has 4 rings (SSSR count). The first-order valence-electron chi connectivity index (χ1n) is 9.87. The van der Waals surface area contributed by atoms with E-state index in [-0.39, 0.29) is 18.0 Å². The molecule has 0 fully saturated rings. The second-order valence-corrected chi connectivity index (χ2v) is 6.94. The molecule has 0 aliphatic carbocycles. The molecule has 9 nitrogen and oxygen atoms in total. The maximum Gasteiger partial charge on any atom is 0.284 e. The predicted molar refractivity (Wildman–Crippen MR) is 115 cm³/mol. The zero-order chi connectivity index (χ0) is 21.8. The van der Waals surface area contributed by atoms with Crippen molar-refractivity contribution in [3.8, 4) is 11.4 Å². The fourth-order valence-corrected chi connectivity index (χ4v) is 3.28. The van der Waals surface area contributed by atoms with Gasteiger partial charge in [-0.2, -0.15) is 4.68 Å². The molecule has 1 amide bonds. The lowest BCUT2D eigenvalue weighted by atomic mass is 10.2. The van der Waals surface area contributed by atoms with E-state index in [1.807, 2.05) is 37.3 Å². The van der Waals surface area contributed by atoms with Crippen molar-refractivity contribution in [3.05, 3.63) is 76.8 Å². The molecule has 9 heteroatoms. The van der Waals surface area contributed by atoms with Gasteiger partial charge in [-0.1, -0.05) is 35.5 Å². The van der Waals surface area contributed by atoms with E-state index < -0.39 is 5.56 Å². The number of fused-ring (bicyclic) bond motifs is 1. The minimum absolute atomic E-state index is 0.109. The summed E-state index contributed by atoms with van der Waals surface area (Å²) in [5.41, 5.74) is 1.76. The lowest BCUT2D eigenvalue weighted by Crippen LogP contribution is -2.36. The topological polar surface area (TPSA) is 95.1 Å². The number of amides is 1. The first-order chi connectivity index (χ1) is 15.1. The Kier molecular flexibility index (Phi) is 5.74. The van der Waals surface area contributed by atoms with E-state index in [0.717, 1.165) is 5.56 Å². The van der Waals surface area contributed by atoms with Crippen LogP contribution in [-0.4, -0.2) is 49.0 Å². The van der Waals surface area contributed by atoms with Crippen LogP contribution in [0.3, 0.4) is 0 Å². The quantitative estimate of drug-likeness (QED) is 0.456. The van der Waals surface area contributed by atoms with Crippen LogP contribution in [0, 0.1) is 0 Å². The predicted octanol–water partition coefficient (Wildman–Crippen LogP) is 2.03. The Morgan fingerprint density at radius 1 is 1.10 bits per heavy atom. The van der Waals surface area contributed by atoms with Crippen molar-refractivity contribution in [1.82, 2.24) is 29.4 Å². The van der Waals surface area contributed by atoms with Crippen molar-refractivity contribution < 1.29 is 9.53 Å². The van der Waals surface area contributed by atoms with Gasteiger partial charge in [0.25, 0.3) is 5.56 Å². The van der Waals surface area contributed by atoms with Crippen molar-refractivity contribution in [2.24, 2.45) is 0 Å². The summed E-state index contributed by atoms with van der Waals surface area (Å²) >= 11 is 0. The molecule has 158 valence electrons. The first-order valence-corrected chi connectivity index (χ1v) is 9.87. The highest BCUT2D eigenvalue weighted by Crippen LogP contribution is 2.16. The number of methoxy groups -OCH3 is 1. The standard InChI is InChI=1S/C22H22N6O3/c1-3-26(13-16-7-5-4-6-8-16)19(29)14-27-15-23-21-20(22(27)30)24-25-28(21)17-9-11-18(31-2)12-10-17/h4-12,15H,3,13-14H2,1-2H3. The van der Waals surface area contributed by atoms with Crippen molar-refractivity contribution >= 4 is 17.1 Å². The molecule has 0 aliphatic rings. The van der Waals surface area contributed by atoms with Crippen LogP contribution in [-0.2, 0) is 17.9 Å². The molecule has 2 aromatic carbocycles. The van der Waals surface area contributed by atoms with E-state index in [4.69, 9.17) is 4.74 Å². The van der Waals surface area contributed by atoms with Crippen LogP contribution >= 0.6 is 0 Å². The van der Waals surface area contributed by atoms with Gasteiger partial charge in [-0.15, -0.1) is 5.10 Å². The molecule has 4 aromatic rings. The minimum Gasteiger partial charge on any atom is -0.497 e. The number of nitrogens with zero attached hydrogens (tertiary/aromatic N) is 6. The number of carbonyl (C=O) groups excluding carboxylic acids is 1. The molecule has 31 heavy (non-hydrogen) atoms. The summed E-state index contributed by atoms with van der Waals surface area (Å²) < 4.78 is 7.91. The molecule has 2 aromatic heterocycles. The molecule has 0 saturated carbocycles. The summed E-state index contributed by atoms with van der Waals surface area (Å²) in [6, 6.07) is 16.9. The average Bonchev–Trinajstić information content (AvgIpc) is 3.25. The second-order valence-electron chi connectivity index (χ2n) is 6.94. The van der Waals surface area contributed by atoms with Gasteiger partial charge in [0, 0.05) is 13.1 Å². The summed E-state index contributed by atoms with van der Waals surface area (Å²) in [6.07, 6.45) is 1.36. The summed E-state index contributed by atoms with van der Waals surface area (Å²) in [6.45, 7) is 2.81. The lowest BCUT2D eigenvalue weighted by molar-refractivity contribution is -0.132. The van der Waals surface area contributed by atoms with Gasteiger partial charge in [0.1, 0.15) is 18.6 Å². The lowest BCUT2D eigenvalue weighted by Gasteiger charge is -2.21. The number of hydrogen-bond donors (Lipinski definition) is 0. The number of hydrogen-bond acceptors (Lipinski definition) is 6. The van der Waals surface area contributed by atoms with Crippen molar-refractivity contribution in [2.45, 2.75) is 20.0 Å². The summed E-state index contributed by atoms with van der Waals surface area (Å²) in [4.78, 5) is 31.7. The maximum atomic E-state index is 12.9. The van der Waals surface area contributed by atoms with E-state index >= 15 is 0 Å². The molecular formula is C22H22N6O3. The molecule has 0 bridgehead atoms. The van der Waals surface area contributed by atoms with Crippen LogP contribution in [0.2, 0.25) is 0 Å². The maximum absolute atomic E-state index is 12.9. The molecule has 0 N–H and O–H groups in total. The fraction of sp³-hybridized carbons (Fsp3) is 0.227. The van der Waals surface area contributed by atoms with E-state index in [2.05, 4.69) is 15.3 Å². The Bertz CT molecular complexity index is 1250. The van der Waals surface area contributed by atoms with Crippen LogP contribution in [0.4, 0.5) is 0 Å². The Hall–Kier alpha value is -4.01. The van der Waals surface area contributed by atoms with Gasteiger partial charge in [0.15, 0.2) is 11.2 Å². The molecule has 0 spiro atoms. The second kappa shape index (κ2) is 8.78. The van der Waals surface area contributed by atoms with Gasteiger partial charge < -0.3 is 9.64 Å². The number of benzene rings is 2. The molecule has 2 heterocycles. The van der Waals surface area contributed by atoms with Crippen molar-refractivity contribution in [2.75, 3.05) is 13.7 Å². The summed E-state index contributed by atoms with van der Waals surface area (Å²) in [5, 5.41) is 8.06. The molecule has 0 unspecified atom stereocenters. The van der Waals surface area contributed by atoms with E-state index in [1.165, 1.54) is 15.6 Å². The van der Waals surface area contributed by atoms with Gasteiger partial charge in [0.05, 0.1) is 12.8 Å². The Morgan fingerprint density at radius 2 is 1.84 bits per heavy atom.